The van der Waals surface area contributed by atoms with E-state index in [1.165, 1.54) is 30.6 Å². The van der Waals surface area contributed by atoms with Crippen LogP contribution in [0.4, 0.5) is 5.69 Å². The van der Waals surface area contributed by atoms with Crippen LogP contribution in [0.5, 0.6) is 0 Å². The van der Waals surface area contributed by atoms with Gasteiger partial charge in [-0.25, -0.2) is 0 Å². The number of aryl methyl sites for hydroxylation is 1. The topological polar surface area (TPSA) is 32.3 Å². The monoisotopic (exact) mass is 460 g/mol. The molecule has 3 aromatic carbocycles. The van der Waals surface area contributed by atoms with E-state index in [0.717, 1.165) is 46.6 Å². The van der Waals surface area contributed by atoms with E-state index >= 15 is 0 Å². The first kappa shape index (κ1) is 23.5. The minimum atomic E-state index is 0.0367. The molecule has 0 aliphatic carbocycles. The van der Waals surface area contributed by atoms with E-state index in [4.69, 9.17) is 11.6 Å². The lowest BCUT2D eigenvalue weighted by Gasteiger charge is -2.35. The Bertz CT molecular complexity index is 1030. The van der Waals surface area contributed by atoms with Gasteiger partial charge < -0.3 is 5.32 Å². The van der Waals surface area contributed by atoms with Crippen LogP contribution in [0, 0.1) is 11.8 Å². The Labute approximate surface area is 202 Å². The maximum atomic E-state index is 12.4. The SMILES string of the molecule is C[C@@H]1C[C@H](C)CN(Cc2ccc(CCC(=O)Nc3ccc(-c4ccc(Cl)cc4)cc3)cc2)C1. The van der Waals surface area contributed by atoms with Crippen molar-refractivity contribution in [3.63, 3.8) is 0 Å². The number of likely N-dealkylation sites (tertiary alicyclic amines) is 1. The van der Waals surface area contributed by atoms with Crippen LogP contribution >= 0.6 is 11.6 Å². The summed E-state index contributed by atoms with van der Waals surface area (Å²) in [4.78, 5) is 15.0. The van der Waals surface area contributed by atoms with E-state index in [0.29, 0.717) is 6.42 Å². The number of anilines is 1. The highest BCUT2D eigenvalue weighted by molar-refractivity contribution is 6.30. The van der Waals surface area contributed by atoms with Crippen molar-refractivity contribution in [3.05, 3.63) is 88.9 Å². The van der Waals surface area contributed by atoms with Crippen LogP contribution in [-0.4, -0.2) is 23.9 Å². The summed E-state index contributed by atoms with van der Waals surface area (Å²) in [5, 5.41) is 3.73. The second-order valence-electron chi connectivity index (χ2n) is 9.59. The van der Waals surface area contributed by atoms with Gasteiger partial charge in [0, 0.05) is 36.8 Å². The van der Waals surface area contributed by atoms with Gasteiger partial charge in [-0.1, -0.05) is 74.0 Å². The van der Waals surface area contributed by atoms with Crippen LogP contribution in [0.25, 0.3) is 11.1 Å². The molecule has 1 N–H and O–H groups in total. The van der Waals surface area contributed by atoms with Gasteiger partial charge in [-0.05, 0) is 71.2 Å². The molecule has 2 atom stereocenters. The van der Waals surface area contributed by atoms with Gasteiger partial charge >= 0.3 is 0 Å². The van der Waals surface area contributed by atoms with Gasteiger partial charge in [0.1, 0.15) is 0 Å². The molecule has 3 aromatic rings. The first-order valence-corrected chi connectivity index (χ1v) is 12.3. The van der Waals surface area contributed by atoms with Crippen molar-refractivity contribution in [2.45, 2.75) is 39.7 Å². The highest BCUT2D eigenvalue weighted by Gasteiger charge is 2.21. The largest absolute Gasteiger partial charge is 0.326 e. The molecule has 33 heavy (non-hydrogen) atoms. The number of carbonyl (C=O) groups is 1. The molecule has 0 unspecified atom stereocenters. The fourth-order valence-corrected chi connectivity index (χ4v) is 4.99. The van der Waals surface area contributed by atoms with Crippen LogP contribution < -0.4 is 5.32 Å². The van der Waals surface area contributed by atoms with Gasteiger partial charge in [0.25, 0.3) is 0 Å². The zero-order valence-corrected chi connectivity index (χ0v) is 20.3. The standard InChI is InChI=1S/C29H33ClN2O/c1-21-17-22(2)19-32(18-21)20-24-5-3-23(4-6-24)7-16-29(33)31-28-14-10-26(11-15-28)25-8-12-27(30)13-9-25/h3-6,8-15,21-22H,7,16-20H2,1-2H3,(H,31,33)/t21-,22+. The lowest BCUT2D eigenvalue weighted by Crippen LogP contribution is -2.38. The Morgan fingerprint density at radius 2 is 1.39 bits per heavy atom. The second-order valence-corrected chi connectivity index (χ2v) is 10.0. The third-order valence-electron chi connectivity index (χ3n) is 6.36. The molecule has 3 nitrogen and oxygen atoms in total. The molecular weight excluding hydrogens is 428 g/mol. The van der Waals surface area contributed by atoms with Gasteiger partial charge in [0.2, 0.25) is 5.91 Å². The van der Waals surface area contributed by atoms with Gasteiger partial charge in [-0.2, -0.15) is 0 Å². The lowest BCUT2D eigenvalue weighted by atomic mass is 9.91. The summed E-state index contributed by atoms with van der Waals surface area (Å²) < 4.78 is 0. The zero-order valence-electron chi connectivity index (χ0n) is 19.6. The van der Waals surface area contributed by atoms with Gasteiger partial charge in [0.15, 0.2) is 0 Å². The Morgan fingerprint density at radius 3 is 2.00 bits per heavy atom. The van der Waals surface area contributed by atoms with E-state index < -0.39 is 0 Å². The third-order valence-corrected chi connectivity index (χ3v) is 6.61. The predicted octanol–water partition coefficient (Wildman–Crippen LogP) is 7.06. The molecule has 0 aromatic heterocycles. The average Bonchev–Trinajstić information content (AvgIpc) is 2.79. The Balaban J connectivity index is 1.24. The fraction of sp³-hybridized carbons (Fsp3) is 0.345. The molecule has 1 aliphatic rings. The summed E-state index contributed by atoms with van der Waals surface area (Å²) in [6.45, 7) is 8.09. The number of piperidine rings is 1. The quantitative estimate of drug-likeness (QED) is 0.409. The fourth-order valence-electron chi connectivity index (χ4n) is 4.86. The number of benzene rings is 3. The molecule has 1 fully saturated rings. The summed E-state index contributed by atoms with van der Waals surface area (Å²) in [5.41, 5.74) is 5.57. The Hall–Kier alpha value is -2.62. The summed E-state index contributed by atoms with van der Waals surface area (Å²) >= 11 is 5.96. The number of nitrogens with zero attached hydrogens (tertiary/aromatic N) is 1. The molecule has 0 radical (unpaired) electrons. The van der Waals surface area contributed by atoms with Crippen molar-refractivity contribution in [1.82, 2.24) is 4.90 Å². The summed E-state index contributed by atoms with van der Waals surface area (Å²) in [5.74, 6) is 1.59. The number of halogens is 1. The Morgan fingerprint density at radius 1 is 0.848 bits per heavy atom. The minimum absolute atomic E-state index is 0.0367. The van der Waals surface area contributed by atoms with Gasteiger partial charge in [-0.15, -0.1) is 0 Å². The van der Waals surface area contributed by atoms with E-state index in [1.807, 2.05) is 48.5 Å². The molecular formula is C29H33ClN2O. The maximum Gasteiger partial charge on any atom is 0.224 e. The summed E-state index contributed by atoms with van der Waals surface area (Å²) in [6.07, 6.45) is 2.55. The molecule has 1 aliphatic heterocycles. The maximum absolute atomic E-state index is 12.4. The third kappa shape index (κ3) is 6.93. The predicted molar refractivity (Wildman–Crippen MR) is 139 cm³/mol. The zero-order chi connectivity index (χ0) is 23.2. The number of hydrogen-bond donors (Lipinski definition) is 1. The molecule has 0 bridgehead atoms. The van der Waals surface area contributed by atoms with Crippen molar-refractivity contribution in [2.24, 2.45) is 11.8 Å². The number of amides is 1. The summed E-state index contributed by atoms with van der Waals surface area (Å²) in [6, 6.07) is 24.4. The second kappa shape index (κ2) is 11.0. The highest BCUT2D eigenvalue weighted by atomic mass is 35.5. The molecule has 172 valence electrons. The molecule has 4 heteroatoms. The minimum Gasteiger partial charge on any atom is -0.326 e. The first-order chi connectivity index (χ1) is 15.9. The normalized spacial score (nSPS) is 18.8. The number of nitrogens with one attached hydrogen (secondary N) is 1. The molecule has 1 amide bonds. The van der Waals surface area contributed by atoms with E-state index in [9.17, 15) is 4.79 Å². The van der Waals surface area contributed by atoms with Crippen molar-refractivity contribution in [3.8, 4) is 11.1 Å². The van der Waals surface area contributed by atoms with Gasteiger partial charge in [-0.3, -0.25) is 9.69 Å². The molecule has 1 heterocycles. The first-order valence-electron chi connectivity index (χ1n) is 11.9. The van der Waals surface area contributed by atoms with Crippen LogP contribution in [0.1, 0.15) is 37.8 Å². The van der Waals surface area contributed by atoms with Gasteiger partial charge in [0.05, 0.1) is 0 Å². The van der Waals surface area contributed by atoms with Crippen LogP contribution in [0.3, 0.4) is 0 Å². The smallest absolute Gasteiger partial charge is 0.224 e. The lowest BCUT2D eigenvalue weighted by molar-refractivity contribution is -0.116. The number of hydrogen-bond acceptors (Lipinski definition) is 2. The number of rotatable bonds is 7. The molecule has 0 saturated carbocycles. The van der Waals surface area contributed by atoms with E-state index in [-0.39, 0.29) is 5.91 Å². The molecule has 4 rings (SSSR count). The van der Waals surface area contributed by atoms with Crippen molar-refractivity contribution in [1.29, 1.82) is 0 Å². The van der Waals surface area contributed by atoms with Crippen molar-refractivity contribution < 1.29 is 4.79 Å². The summed E-state index contributed by atoms with van der Waals surface area (Å²) in [7, 11) is 0. The average molecular weight is 461 g/mol. The van der Waals surface area contributed by atoms with E-state index in [1.54, 1.807) is 0 Å². The van der Waals surface area contributed by atoms with Crippen LogP contribution in [0.15, 0.2) is 72.8 Å². The van der Waals surface area contributed by atoms with Crippen LogP contribution in [-0.2, 0) is 17.8 Å². The van der Waals surface area contributed by atoms with Crippen molar-refractivity contribution >= 4 is 23.2 Å². The number of carbonyl (C=O) groups excluding carboxylic acids is 1. The van der Waals surface area contributed by atoms with Crippen LogP contribution in [0.2, 0.25) is 5.02 Å². The molecule has 1 saturated heterocycles. The molecule has 0 spiro atoms. The van der Waals surface area contributed by atoms with E-state index in [2.05, 4.69) is 48.3 Å². The van der Waals surface area contributed by atoms with Crippen molar-refractivity contribution in [2.75, 3.05) is 18.4 Å². The highest BCUT2D eigenvalue weighted by Crippen LogP contribution is 2.24. The Kier molecular flexibility index (Phi) is 7.85.